The van der Waals surface area contributed by atoms with Gasteiger partial charge in [0.2, 0.25) is 0 Å². The Kier molecular flexibility index (Phi) is 6.11. The van der Waals surface area contributed by atoms with Gasteiger partial charge in [-0.3, -0.25) is 0 Å². The van der Waals surface area contributed by atoms with Gasteiger partial charge in [0.05, 0.1) is 20.9 Å². The van der Waals surface area contributed by atoms with Gasteiger partial charge in [0.15, 0.2) is 8.32 Å². The molecular weight excluding hydrogens is 431 g/mol. The Hall–Kier alpha value is 0.788. The second-order valence-electron chi connectivity index (χ2n) is 14.9. The third kappa shape index (κ3) is 3.87. The van der Waals surface area contributed by atoms with Gasteiger partial charge in [0, 0.05) is 0 Å². The second-order valence-corrected chi connectivity index (χ2v) is 46.1. The molecule has 1 aliphatic heterocycles. The van der Waals surface area contributed by atoms with Gasteiger partial charge in [0.1, 0.15) is 7.27 Å². The second kappa shape index (κ2) is 7.65. The minimum Gasteiger partial charge on any atom is -0.416 e. The van der Waals surface area contributed by atoms with E-state index in [1.807, 2.05) is 0 Å². The molecule has 2 nitrogen and oxygen atoms in total. The van der Waals surface area contributed by atoms with Crippen LogP contribution in [0.1, 0.15) is 51.4 Å². The lowest BCUT2D eigenvalue weighted by Crippen LogP contribution is -2.88. The average Bonchev–Trinajstić information content (AvgIpc) is 3.03. The topological polar surface area (TPSA) is 12.5 Å². The van der Waals surface area contributed by atoms with Crippen LogP contribution in [0.4, 0.5) is 0 Å². The Morgan fingerprint density at radius 1 is 0.700 bits per heavy atom. The standard InChI is InChI=1S/C24H51NOSi4/c1-27(2,3)26-23(24-17-20-14-21(18-24)16-22(15-20)19-24)30(28(4,5)6,29(7,8)9)25-12-10-11-13-25/h20-23H,10-19H2,1-9H3. The Morgan fingerprint density at radius 2 is 1.10 bits per heavy atom. The lowest BCUT2D eigenvalue weighted by atomic mass is 9.50. The summed E-state index contributed by atoms with van der Waals surface area (Å²) in [4.78, 5) is 0. The first-order valence-electron chi connectivity index (χ1n) is 13.1. The number of nitrogens with zero attached hydrogens (tertiary/aromatic N) is 1. The van der Waals surface area contributed by atoms with Crippen molar-refractivity contribution in [1.29, 1.82) is 0 Å². The fourth-order valence-electron chi connectivity index (χ4n) is 9.60. The number of hydrogen-bond acceptors (Lipinski definition) is 2. The molecule has 0 aromatic heterocycles. The van der Waals surface area contributed by atoms with Crippen LogP contribution in [0, 0.1) is 23.2 Å². The molecule has 174 valence electrons. The summed E-state index contributed by atoms with van der Waals surface area (Å²) < 4.78 is 10.9. The normalized spacial score (nSPS) is 36.5. The molecule has 0 radical (unpaired) electrons. The Balaban J connectivity index is 1.91. The maximum atomic E-state index is 7.68. The number of rotatable bonds is 7. The Morgan fingerprint density at radius 3 is 1.43 bits per heavy atom. The highest BCUT2D eigenvalue weighted by molar-refractivity contribution is 7.68. The van der Waals surface area contributed by atoms with E-state index in [1.54, 1.807) is 19.3 Å². The molecule has 0 aromatic rings. The third-order valence-electron chi connectivity index (χ3n) is 9.38. The van der Waals surface area contributed by atoms with Gasteiger partial charge in [-0.05, 0) is 107 Å². The molecule has 1 heterocycles. The molecule has 0 spiro atoms. The lowest BCUT2D eigenvalue weighted by Gasteiger charge is -2.68. The molecule has 4 aliphatic carbocycles. The maximum Gasteiger partial charge on any atom is 0.183 e. The fraction of sp³-hybridized carbons (Fsp3) is 1.00. The van der Waals surface area contributed by atoms with E-state index in [4.69, 9.17) is 4.43 Å². The Labute approximate surface area is 191 Å². The molecule has 5 fully saturated rings. The van der Waals surface area contributed by atoms with Gasteiger partial charge in [-0.1, -0.05) is 39.3 Å². The van der Waals surface area contributed by atoms with Gasteiger partial charge in [-0.25, -0.2) is 0 Å². The summed E-state index contributed by atoms with van der Waals surface area (Å²) in [5, 5.41) is 0. The molecule has 5 rings (SSSR count). The molecule has 30 heavy (non-hydrogen) atoms. The monoisotopic (exact) mass is 481 g/mol. The molecule has 4 saturated carbocycles. The molecule has 1 saturated heterocycles. The third-order valence-corrected chi connectivity index (χ3v) is 48.8. The highest BCUT2D eigenvalue weighted by Crippen LogP contribution is 2.64. The summed E-state index contributed by atoms with van der Waals surface area (Å²) in [5.74, 6) is 3.08. The van der Waals surface area contributed by atoms with Crippen molar-refractivity contribution in [3.63, 3.8) is 0 Å². The molecule has 0 amide bonds. The Bertz CT molecular complexity index is 590. The molecule has 6 heteroatoms. The van der Waals surface area contributed by atoms with Crippen LogP contribution in [-0.4, -0.2) is 54.2 Å². The predicted molar refractivity (Wildman–Crippen MR) is 142 cm³/mol. The summed E-state index contributed by atoms with van der Waals surface area (Å²) in [5.41, 5.74) is 1.16. The minimum atomic E-state index is -1.77. The predicted octanol–water partition coefficient (Wildman–Crippen LogP) is 6.84. The summed E-state index contributed by atoms with van der Waals surface area (Å²) in [7, 11) is -6.26. The van der Waals surface area contributed by atoms with E-state index in [1.165, 1.54) is 45.2 Å². The smallest absolute Gasteiger partial charge is 0.183 e. The lowest BCUT2D eigenvalue weighted by molar-refractivity contribution is -0.0930. The summed E-state index contributed by atoms with van der Waals surface area (Å²) in [6.07, 6.45) is 12.1. The van der Waals surface area contributed by atoms with Crippen LogP contribution < -0.4 is 0 Å². The largest absolute Gasteiger partial charge is 0.416 e. The van der Waals surface area contributed by atoms with E-state index in [-0.39, 0.29) is 0 Å². The van der Waals surface area contributed by atoms with Crippen molar-refractivity contribution in [1.82, 2.24) is 4.57 Å². The summed E-state index contributed by atoms with van der Waals surface area (Å²) in [6.45, 7) is 26.9. The van der Waals surface area contributed by atoms with Crippen LogP contribution in [0.25, 0.3) is 0 Å². The van der Waals surface area contributed by atoms with Gasteiger partial charge >= 0.3 is 0 Å². The maximum absolute atomic E-state index is 7.68. The van der Waals surface area contributed by atoms with Crippen LogP contribution in [-0.2, 0) is 4.43 Å². The first-order valence-corrected chi connectivity index (χ1v) is 27.5. The zero-order chi connectivity index (χ0) is 22.2. The number of hydrogen-bond donors (Lipinski definition) is 0. The van der Waals surface area contributed by atoms with Crippen LogP contribution in [0.2, 0.25) is 58.9 Å². The highest BCUT2D eigenvalue weighted by Gasteiger charge is 2.70. The van der Waals surface area contributed by atoms with Crippen molar-refractivity contribution >= 4 is 30.8 Å². The van der Waals surface area contributed by atoms with Gasteiger partial charge in [-0.2, -0.15) is 0 Å². The minimum absolute atomic E-state index is 0.532. The SMILES string of the molecule is C[Si](C)(C)OC(C12CC3CC(CC(C3)C1)C2)[Si](N1CCCC1)([Si](C)(C)C)[Si](C)(C)C. The van der Waals surface area contributed by atoms with E-state index in [0.717, 1.165) is 17.8 Å². The van der Waals surface area contributed by atoms with Gasteiger partial charge < -0.3 is 8.99 Å². The highest BCUT2D eigenvalue weighted by atomic mass is 29.6. The van der Waals surface area contributed by atoms with Crippen molar-refractivity contribution in [2.45, 2.75) is 116 Å². The average molecular weight is 482 g/mol. The summed E-state index contributed by atoms with van der Waals surface area (Å²) in [6, 6.07) is 0. The van der Waals surface area contributed by atoms with E-state index in [2.05, 4.69) is 63.5 Å². The molecule has 0 aromatic carbocycles. The van der Waals surface area contributed by atoms with Crippen LogP contribution >= 0.6 is 0 Å². The van der Waals surface area contributed by atoms with E-state index in [0.29, 0.717) is 11.1 Å². The van der Waals surface area contributed by atoms with Crippen LogP contribution in [0.15, 0.2) is 0 Å². The fourth-order valence-corrected chi connectivity index (χ4v) is 62.3. The van der Waals surface area contributed by atoms with Crippen molar-refractivity contribution in [2.75, 3.05) is 13.1 Å². The molecule has 4 bridgehead atoms. The first-order chi connectivity index (χ1) is 13.7. The van der Waals surface area contributed by atoms with E-state index < -0.39 is 30.8 Å². The van der Waals surface area contributed by atoms with Gasteiger partial charge in [-0.15, -0.1) is 0 Å². The molecular formula is C24H51NOSi4. The van der Waals surface area contributed by atoms with Gasteiger partial charge in [0.25, 0.3) is 0 Å². The first kappa shape index (κ1) is 23.9. The molecule has 5 aliphatic rings. The van der Waals surface area contributed by atoms with Crippen molar-refractivity contribution in [3.05, 3.63) is 0 Å². The van der Waals surface area contributed by atoms with E-state index in [9.17, 15) is 0 Å². The van der Waals surface area contributed by atoms with Crippen LogP contribution in [0.3, 0.4) is 0 Å². The van der Waals surface area contributed by atoms with Crippen molar-refractivity contribution in [2.24, 2.45) is 23.2 Å². The van der Waals surface area contributed by atoms with E-state index >= 15 is 0 Å². The quantitative estimate of drug-likeness (QED) is 0.369. The molecule has 1 unspecified atom stereocenters. The van der Waals surface area contributed by atoms with Crippen molar-refractivity contribution < 1.29 is 4.43 Å². The van der Waals surface area contributed by atoms with Crippen LogP contribution in [0.5, 0.6) is 0 Å². The summed E-state index contributed by atoms with van der Waals surface area (Å²) >= 11 is 0. The zero-order valence-electron chi connectivity index (χ0n) is 21.7. The zero-order valence-corrected chi connectivity index (χ0v) is 25.7. The molecule has 0 N–H and O–H groups in total. The molecule has 1 atom stereocenters. The van der Waals surface area contributed by atoms with Crippen molar-refractivity contribution in [3.8, 4) is 0 Å².